The molecule has 3 aromatic rings. The summed E-state index contributed by atoms with van der Waals surface area (Å²) < 4.78 is 26.6. The van der Waals surface area contributed by atoms with Gasteiger partial charge in [0.1, 0.15) is 17.3 Å². The average molecular weight is 382 g/mol. The fraction of sp³-hybridized carbons (Fsp3) is 0.190. The molecule has 0 atom stereocenters. The summed E-state index contributed by atoms with van der Waals surface area (Å²) in [7, 11) is 0. The highest BCUT2D eigenvalue weighted by atomic mass is 19.1. The van der Waals surface area contributed by atoms with Crippen molar-refractivity contribution < 1.29 is 13.6 Å². The fourth-order valence-corrected chi connectivity index (χ4v) is 2.64. The number of rotatable bonds is 7. The van der Waals surface area contributed by atoms with Crippen LogP contribution in [0.15, 0.2) is 54.6 Å². The van der Waals surface area contributed by atoms with Gasteiger partial charge in [0.15, 0.2) is 0 Å². The SMILES string of the molecule is Cc1cc(C(=O)NCCc2ccc(F)cc2)nc(NCc2ccccc2F)n1. The Hall–Kier alpha value is -3.35. The maximum atomic E-state index is 13.7. The molecule has 0 radical (unpaired) electrons. The number of halogens is 2. The monoisotopic (exact) mass is 382 g/mol. The summed E-state index contributed by atoms with van der Waals surface area (Å²) in [4.78, 5) is 20.8. The van der Waals surface area contributed by atoms with Gasteiger partial charge in [0.05, 0.1) is 0 Å². The van der Waals surface area contributed by atoms with E-state index < -0.39 is 0 Å². The number of nitrogens with zero attached hydrogens (tertiary/aromatic N) is 2. The van der Waals surface area contributed by atoms with Gasteiger partial charge in [-0.3, -0.25) is 4.79 Å². The molecule has 5 nitrogen and oxygen atoms in total. The molecule has 1 heterocycles. The van der Waals surface area contributed by atoms with Crippen molar-refractivity contribution in [2.24, 2.45) is 0 Å². The van der Waals surface area contributed by atoms with Crippen molar-refractivity contribution in [2.75, 3.05) is 11.9 Å². The maximum absolute atomic E-state index is 13.7. The van der Waals surface area contributed by atoms with Crippen molar-refractivity contribution in [3.8, 4) is 0 Å². The van der Waals surface area contributed by atoms with Crippen molar-refractivity contribution in [1.82, 2.24) is 15.3 Å². The van der Waals surface area contributed by atoms with Gasteiger partial charge < -0.3 is 10.6 Å². The second-order valence-electron chi connectivity index (χ2n) is 6.30. The number of hydrogen-bond donors (Lipinski definition) is 2. The number of amides is 1. The molecule has 0 aliphatic carbocycles. The van der Waals surface area contributed by atoms with Crippen LogP contribution in [0.1, 0.15) is 27.3 Å². The number of carbonyl (C=O) groups is 1. The minimum atomic E-state index is -0.332. The van der Waals surface area contributed by atoms with Gasteiger partial charge in [0, 0.05) is 24.3 Å². The quantitative estimate of drug-likeness (QED) is 0.655. The summed E-state index contributed by atoms with van der Waals surface area (Å²) in [6.07, 6.45) is 0.578. The van der Waals surface area contributed by atoms with E-state index in [1.807, 2.05) is 0 Å². The lowest BCUT2D eigenvalue weighted by Gasteiger charge is -2.09. The van der Waals surface area contributed by atoms with E-state index in [0.29, 0.717) is 24.2 Å². The summed E-state index contributed by atoms with van der Waals surface area (Å²) in [6.45, 7) is 2.36. The molecule has 144 valence electrons. The van der Waals surface area contributed by atoms with Crippen LogP contribution in [0, 0.1) is 18.6 Å². The first-order chi connectivity index (χ1) is 13.5. The minimum Gasteiger partial charge on any atom is -0.350 e. The Morgan fingerprint density at radius 1 is 1.04 bits per heavy atom. The summed E-state index contributed by atoms with van der Waals surface area (Å²) in [5, 5.41) is 5.74. The third kappa shape index (κ3) is 5.33. The van der Waals surface area contributed by atoms with Gasteiger partial charge in [-0.15, -0.1) is 0 Å². The van der Waals surface area contributed by atoms with E-state index >= 15 is 0 Å². The van der Waals surface area contributed by atoms with Gasteiger partial charge >= 0.3 is 0 Å². The van der Waals surface area contributed by atoms with Gasteiger partial charge in [0.25, 0.3) is 5.91 Å². The Balaban J connectivity index is 1.59. The number of aromatic nitrogens is 2. The Bertz CT molecular complexity index is 961. The number of benzene rings is 2. The van der Waals surface area contributed by atoms with E-state index in [1.165, 1.54) is 18.2 Å². The van der Waals surface area contributed by atoms with Crippen LogP contribution < -0.4 is 10.6 Å². The van der Waals surface area contributed by atoms with Crippen LogP contribution in [-0.4, -0.2) is 22.4 Å². The molecule has 1 aromatic heterocycles. The van der Waals surface area contributed by atoms with Crippen LogP contribution in [0.3, 0.4) is 0 Å². The van der Waals surface area contributed by atoms with Crippen molar-refractivity contribution in [1.29, 1.82) is 0 Å². The van der Waals surface area contributed by atoms with Crippen molar-refractivity contribution in [3.63, 3.8) is 0 Å². The van der Waals surface area contributed by atoms with Crippen LogP contribution in [0.4, 0.5) is 14.7 Å². The van der Waals surface area contributed by atoms with Crippen molar-refractivity contribution >= 4 is 11.9 Å². The predicted molar refractivity (Wildman–Crippen MR) is 103 cm³/mol. The van der Waals surface area contributed by atoms with Crippen LogP contribution in [0.25, 0.3) is 0 Å². The van der Waals surface area contributed by atoms with Gasteiger partial charge in [-0.2, -0.15) is 0 Å². The minimum absolute atomic E-state index is 0.210. The molecule has 7 heteroatoms. The van der Waals surface area contributed by atoms with Gasteiger partial charge in [-0.1, -0.05) is 30.3 Å². The number of aryl methyl sites for hydroxylation is 1. The lowest BCUT2D eigenvalue weighted by Crippen LogP contribution is -2.27. The molecule has 0 aliphatic heterocycles. The van der Waals surface area contributed by atoms with Crippen molar-refractivity contribution in [3.05, 3.63) is 88.7 Å². The highest BCUT2D eigenvalue weighted by Crippen LogP contribution is 2.10. The van der Waals surface area contributed by atoms with Gasteiger partial charge in [-0.25, -0.2) is 18.7 Å². The zero-order chi connectivity index (χ0) is 19.9. The largest absolute Gasteiger partial charge is 0.350 e. The third-order valence-corrected chi connectivity index (χ3v) is 4.09. The molecule has 0 spiro atoms. The molecule has 2 aromatic carbocycles. The number of anilines is 1. The molecule has 0 unspecified atom stereocenters. The first-order valence-corrected chi connectivity index (χ1v) is 8.87. The highest BCUT2D eigenvalue weighted by Gasteiger charge is 2.11. The topological polar surface area (TPSA) is 66.9 Å². The van der Waals surface area contributed by atoms with Crippen LogP contribution in [0.2, 0.25) is 0 Å². The van der Waals surface area contributed by atoms with Crippen LogP contribution in [0.5, 0.6) is 0 Å². The van der Waals surface area contributed by atoms with E-state index in [2.05, 4.69) is 20.6 Å². The van der Waals surface area contributed by atoms with E-state index in [0.717, 1.165) is 5.56 Å². The average Bonchev–Trinajstić information content (AvgIpc) is 2.68. The normalized spacial score (nSPS) is 10.5. The van der Waals surface area contributed by atoms with Gasteiger partial charge in [-0.05, 0) is 43.2 Å². The highest BCUT2D eigenvalue weighted by molar-refractivity contribution is 5.92. The summed E-state index contributed by atoms with van der Waals surface area (Å²) in [5.74, 6) is -0.686. The molecule has 0 bridgehead atoms. The Kier molecular flexibility index (Phi) is 6.26. The summed E-state index contributed by atoms with van der Waals surface area (Å²) in [6, 6.07) is 14.1. The maximum Gasteiger partial charge on any atom is 0.270 e. The first kappa shape index (κ1) is 19.4. The molecule has 0 aliphatic rings. The van der Waals surface area contributed by atoms with Crippen molar-refractivity contribution in [2.45, 2.75) is 19.9 Å². The standard InChI is InChI=1S/C21H20F2N4O/c1-14-12-19(20(28)24-11-10-15-6-8-17(22)9-7-15)27-21(26-14)25-13-16-4-2-3-5-18(16)23/h2-9,12H,10-11,13H2,1H3,(H,24,28)(H,25,26,27). The summed E-state index contributed by atoms with van der Waals surface area (Å²) >= 11 is 0. The Morgan fingerprint density at radius 3 is 2.54 bits per heavy atom. The third-order valence-electron chi connectivity index (χ3n) is 4.09. The number of carbonyl (C=O) groups excluding carboxylic acids is 1. The van der Waals surface area contributed by atoms with Gasteiger partial charge in [0.2, 0.25) is 5.95 Å². The zero-order valence-corrected chi connectivity index (χ0v) is 15.4. The predicted octanol–water partition coefficient (Wildman–Crippen LogP) is 3.65. The summed E-state index contributed by atoms with van der Waals surface area (Å²) in [5.41, 5.74) is 2.25. The molecule has 2 N–H and O–H groups in total. The molecule has 0 saturated heterocycles. The molecule has 0 fully saturated rings. The second kappa shape index (κ2) is 9.03. The van der Waals surface area contributed by atoms with E-state index in [4.69, 9.17) is 0 Å². The molecule has 0 saturated carbocycles. The van der Waals surface area contributed by atoms with Crippen LogP contribution >= 0.6 is 0 Å². The second-order valence-corrected chi connectivity index (χ2v) is 6.30. The Morgan fingerprint density at radius 2 is 1.79 bits per heavy atom. The zero-order valence-electron chi connectivity index (χ0n) is 15.4. The van der Waals surface area contributed by atoms with E-state index in [9.17, 15) is 13.6 Å². The number of hydrogen-bond acceptors (Lipinski definition) is 4. The lowest BCUT2D eigenvalue weighted by molar-refractivity contribution is 0.0949. The molecule has 28 heavy (non-hydrogen) atoms. The fourth-order valence-electron chi connectivity index (χ4n) is 2.64. The smallest absolute Gasteiger partial charge is 0.270 e. The lowest BCUT2D eigenvalue weighted by atomic mass is 10.1. The molecule has 1 amide bonds. The molecular weight excluding hydrogens is 362 g/mol. The number of nitrogens with one attached hydrogen (secondary N) is 2. The molecular formula is C21H20F2N4O. The first-order valence-electron chi connectivity index (χ1n) is 8.87. The van der Waals surface area contributed by atoms with E-state index in [1.54, 1.807) is 43.3 Å². The van der Waals surface area contributed by atoms with Crippen LogP contribution in [-0.2, 0) is 13.0 Å². The molecule has 3 rings (SSSR count). The van der Waals surface area contributed by atoms with E-state index in [-0.39, 0.29) is 35.7 Å². The Labute approximate surface area is 161 Å².